The van der Waals surface area contributed by atoms with Crippen LogP contribution in [-0.2, 0) is 20.9 Å². The summed E-state index contributed by atoms with van der Waals surface area (Å²) in [7, 11) is 0. The van der Waals surface area contributed by atoms with Gasteiger partial charge in [0.1, 0.15) is 23.6 Å². The molecule has 1 aliphatic heterocycles. The fraction of sp³-hybridized carbons (Fsp3) is 0.520. The molecule has 3 aromatic rings. The summed E-state index contributed by atoms with van der Waals surface area (Å²) in [6.45, 7) is 3.00. The first-order chi connectivity index (χ1) is 16.6. The zero-order chi connectivity index (χ0) is 23.5. The molecule has 2 fully saturated rings. The molecule has 0 radical (unpaired) electrons. The van der Waals surface area contributed by atoms with Crippen LogP contribution in [0.1, 0.15) is 56.1 Å². The van der Waals surface area contributed by atoms with Gasteiger partial charge in [0.25, 0.3) is 5.91 Å². The number of benzene rings is 1. The lowest BCUT2D eigenvalue weighted by Crippen LogP contribution is -2.50. The highest BCUT2D eigenvalue weighted by atomic mass is 16.5. The minimum absolute atomic E-state index is 0.00617. The largest absolute Gasteiger partial charge is 0.464 e. The van der Waals surface area contributed by atoms with E-state index in [2.05, 4.69) is 15.6 Å². The van der Waals surface area contributed by atoms with Crippen molar-refractivity contribution < 1.29 is 18.7 Å². The number of hydrogen-bond acceptors (Lipinski definition) is 6. The average Bonchev–Trinajstić information content (AvgIpc) is 3.64. The van der Waals surface area contributed by atoms with E-state index in [0.717, 1.165) is 56.2 Å². The quantitative estimate of drug-likeness (QED) is 0.548. The molecule has 9 nitrogen and oxygen atoms in total. The molecule has 5 rings (SSSR count). The van der Waals surface area contributed by atoms with Crippen LogP contribution in [0.25, 0.3) is 11.0 Å². The molecule has 2 atom stereocenters. The van der Waals surface area contributed by atoms with Crippen LogP contribution in [-0.4, -0.2) is 57.0 Å². The van der Waals surface area contributed by atoms with Crippen LogP contribution in [0.2, 0.25) is 0 Å². The number of para-hydroxylation sites is 1. The number of nitrogens with zero attached hydrogens (tertiary/aromatic N) is 4. The maximum atomic E-state index is 13.8. The first-order valence-electron chi connectivity index (χ1n) is 12.1. The molecular formula is C25H31N5O4. The summed E-state index contributed by atoms with van der Waals surface area (Å²) >= 11 is 0. The molecule has 34 heavy (non-hydrogen) atoms. The SMILES string of the molecule is Cc1ccc(C(C(=O)NCC2CCCO2)N(C(=O)Cn2nnc3ccccc32)C2CCCC2)o1. The van der Waals surface area contributed by atoms with Gasteiger partial charge in [-0.1, -0.05) is 30.2 Å². The van der Waals surface area contributed by atoms with E-state index >= 15 is 0 Å². The smallest absolute Gasteiger partial charge is 0.250 e. The second-order valence-corrected chi connectivity index (χ2v) is 9.21. The Morgan fingerprint density at radius 2 is 1.97 bits per heavy atom. The van der Waals surface area contributed by atoms with E-state index < -0.39 is 6.04 Å². The van der Waals surface area contributed by atoms with Gasteiger partial charge in [-0.2, -0.15) is 0 Å². The summed E-state index contributed by atoms with van der Waals surface area (Å²) in [4.78, 5) is 29.1. The van der Waals surface area contributed by atoms with Gasteiger partial charge in [-0.25, -0.2) is 4.68 Å². The van der Waals surface area contributed by atoms with Gasteiger partial charge in [0.2, 0.25) is 5.91 Å². The van der Waals surface area contributed by atoms with E-state index in [1.165, 1.54) is 0 Å². The summed E-state index contributed by atoms with van der Waals surface area (Å²) in [6.07, 6.45) is 5.72. The molecule has 1 aromatic carbocycles. The highest BCUT2D eigenvalue weighted by Gasteiger charge is 2.39. The zero-order valence-corrected chi connectivity index (χ0v) is 19.5. The number of carbonyl (C=O) groups excluding carboxylic acids is 2. The predicted octanol–water partition coefficient (Wildman–Crippen LogP) is 3.14. The average molecular weight is 466 g/mol. The van der Waals surface area contributed by atoms with E-state index in [-0.39, 0.29) is 30.5 Å². The Morgan fingerprint density at radius 3 is 2.71 bits per heavy atom. The van der Waals surface area contributed by atoms with Gasteiger partial charge in [-0.05, 0) is 56.9 Å². The van der Waals surface area contributed by atoms with Crippen molar-refractivity contribution in [2.75, 3.05) is 13.2 Å². The third-order valence-electron chi connectivity index (χ3n) is 6.80. The Kier molecular flexibility index (Phi) is 6.62. The minimum Gasteiger partial charge on any atom is -0.464 e. The van der Waals surface area contributed by atoms with Crippen molar-refractivity contribution in [2.45, 2.75) is 70.2 Å². The first kappa shape index (κ1) is 22.6. The topological polar surface area (TPSA) is 102 Å². The molecular weight excluding hydrogens is 434 g/mol. The maximum absolute atomic E-state index is 13.8. The molecule has 1 aliphatic carbocycles. The van der Waals surface area contributed by atoms with Crippen LogP contribution in [0.5, 0.6) is 0 Å². The number of fused-ring (bicyclic) bond motifs is 1. The number of rotatable bonds is 8. The Morgan fingerprint density at radius 1 is 1.15 bits per heavy atom. The van der Waals surface area contributed by atoms with Crippen LogP contribution in [0, 0.1) is 6.92 Å². The Balaban J connectivity index is 1.44. The molecule has 9 heteroatoms. The van der Waals surface area contributed by atoms with Crippen LogP contribution in [0.3, 0.4) is 0 Å². The Labute approximate surface area is 198 Å². The molecule has 0 spiro atoms. The van der Waals surface area contributed by atoms with Crippen LogP contribution in [0.15, 0.2) is 40.8 Å². The van der Waals surface area contributed by atoms with E-state index in [4.69, 9.17) is 9.15 Å². The zero-order valence-electron chi connectivity index (χ0n) is 19.5. The Bertz CT molecular complexity index is 1140. The van der Waals surface area contributed by atoms with Crippen LogP contribution >= 0.6 is 0 Å². The summed E-state index contributed by atoms with van der Waals surface area (Å²) < 4.78 is 13.2. The number of aromatic nitrogens is 3. The monoisotopic (exact) mass is 465 g/mol. The number of aryl methyl sites for hydroxylation is 1. The highest BCUT2D eigenvalue weighted by Crippen LogP contribution is 2.33. The summed E-state index contributed by atoms with van der Waals surface area (Å²) in [6, 6.07) is 10.3. The lowest BCUT2D eigenvalue weighted by Gasteiger charge is -2.35. The van der Waals surface area contributed by atoms with Crippen molar-refractivity contribution in [3.63, 3.8) is 0 Å². The number of amides is 2. The fourth-order valence-corrected chi connectivity index (χ4v) is 5.09. The number of carbonyl (C=O) groups is 2. The van der Waals surface area contributed by atoms with E-state index in [1.54, 1.807) is 15.6 Å². The van der Waals surface area contributed by atoms with Crippen molar-refractivity contribution in [1.82, 2.24) is 25.2 Å². The van der Waals surface area contributed by atoms with Gasteiger partial charge >= 0.3 is 0 Å². The first-order valence-corrected chi connectivity index (χ1v) is 12.1. The predicted molar refractivity (Wildman–Crippen MR) is 125 cm³/mol. The molecule has 2 amide bonds. The number of nitrogens with one attached hydrogen (secondary N) is 1. The van der Waals surface area contributed by atoms with E-state index in [9.17, 15) is 9.59 Å². The number of hydrogen-bond donors (Lipinski definition) is 1. The highest BCUT2D eigenvalue weighted by molar-refractivity contribution is 5.89. The molecule has 180 valence electrons. The molecule has 1 N–H and O–H groups in total. The normalized spacial score (nSPS) is 19.5. The van der Waals surface area contributed by atoms with Crippen molar-refractivity contribution >= 4 is 22.8 Å². The van der Waals surface area contributed by atoms with Crippen molar-refractivity contribution in [3.05, 3.63) is 47.9 Å². The molecule has 2 unspecified atom stereocenters. The van der Waals surface area contributed by atoms with Crippen molar-refractivity contribution in [1.29, 1.82) is 0 Å². The number of ether oxygens (including phenoxy) is 1. The standard InChI is InChI=1S/C25H31N5O4/c1-17-12-13-22(34-17)24(25(32)26-15-19-9-6-14-33-19)30(18-7-2-3-8-18)23(31)16-29-21-11-5-4-10-20(21)27-28-29/h4-5,10-13,18-19,24H,2-3,6-9,14-16H2,1H3,(H,26,32). The molecule has 2 aromatic heterocycles. The van der Waals surface area contributed by atoms with Gasteiger partial charge in [0.15, 0.2) is 6.04 Å². The van der Waals surface area contributed by atoms with Gasteiger partial charge in [-0.15, -0.1) is 5.10 Å². The molecule has 3 heterocycles. The second kappa shape index (κ2) is 9.97. The molecule has 1 saturated carbocycles. The van der Waals surface area contributed by atoms with Crippen molar-refractivity contribution in [3.8, 4) is 0 Å². The van der Waals surface area contributed by atoms with Gasteiger partial charge in [0, 0.05) is 19.2 Å². The maximum Gasteiger partial charge on any atom is 0.250 e. The van der Waals surface area contributed by atoms with Gasteiger partial charge in [0.05, 0.1) is 11.6 Å². The van der Waals surface area contributed by atoms with Crippen molar-refractivity contribution in [2.24, 2.45) is 0 Å². The Hall–Kier alpha value is -3.20. The summed E-state index contributed by atoms with van der Waals surface area (Å²) in [5.41, 5.74) is 1.52. The molecule has 0 bridgehead atoms. The lowest BCUT2D eigenvalue weighted by atomic mass is 10.1. The number of furan rings is 1. The second-order valence-electron chi connectivity index (χ2n) is 9.21. The van der Waals surface area contributed by atoms with Gasteiger partial charge in [-0.3, -0.25) is 9.59 Å². The molecule has 1 saturated heterocycles. The lowest BCUT2D eigenvalue weighted by molar-refractivity contribution is -0.145. The molecule has 2 aliphatic rings. The minimum atomic E-state index is -0.847. The van der Waals surface area contributed by atoms with E-state index in [1.807, 2.05) is 37.3 Å². The van der Waals surface area contributed by atoms with Crippen LogP contribution in [0.4, 0.5) is 0 Å². The fourth-order valence-electron chi connectivity index (χ4n) is 5.09. The third kappa shape index (κ3) is 4.70. The third-order valence-corrected chi connectivity index (χ3v) is 6.80. The summed E-state index contributed by atoms with van der Waals surface area (Å²) in [5.74, 6) is 0.765. The summed E-state index contributed by atoms with van der Waals surface area (Å²) in [5, 5.41) is 11.4. The van der Waals surface area contributed by atoms with Gasteiger partial charge < -0.3 is 19.4 Å². The van der Waals surface area contributed by atoms with E-state index in [0.29, 0.717) is 18.1 Å². The van der Waals surface area contributed by atoms with Crippen LogP contribution < -0.4 is 5.32 Å².